The van der Waals surface area contributed by atoms with Gasteiger partial charge in [0.25, 0.3) is 5.91 Å². The largest absolute Gasteiger partial charge is 0.480 e. The van der Waals surface area contributed by atoms with Crippen molar-refractivity contribution >= 4 is 23.7 Å². The van der Waals surface area contributed by atoms with E-state index in [2.05, 4.69) is 15.7 Å². The van der Waals surface area contributed by atoms with Crippen LogP contribution in [0.15, 0.2) is 54.7 Å². The van der Waals surface area contributed by atoms with E-state index in [1.165, 1.54) is 17.9 Å². The van der Waals surface area contributed by atoms with Crippen molar-refractivity contribution in [1.82, 2.24) is 15.1 Å². The second-order valence-corrected chi connectivity index (χ2v) is 7.06. The molecule has 1 aliphatic rings. The van der Waals surface area contributed by atoms with Crippen LogP contribution in [0.25, 0.3) is 11.1 Å². The number of aromatic nitrogens is 2. The number of anilines is 1. The molecule has 0 saturated carbocycles. The zero-order valence-corrected chi connectivity index (χ0v) is 16.7. The molecule has 9 heteroatoms. The number of nitrogens with one attached hydrogen (secondary N) is 2. The van der Waals surface area contributed by atoms with Crippen LogP contribution in [0.2, 0.25) is 0 Å². The Morgan fingerprint density at radius 3 is 2.29 bits per heavy atom. The maximum absolute atomic E-state index is 12.4. The van der Waals surface area contributed by atoms with E-state index in [4.69, 9.17) is 9.84 Å². The first kappa shape index (κ1) is 20.1. The van der Waals surface area contributed by atoms with Gasteiger partial charge >= 0.3 is 12.1 Å². The fourth-order valence-corrected chi connectivity index (χ4v) is 3.78. The molecule has 3 aromatic rings. The third-order valence-corrected chi connectivity index (χ3v) is 5.13. The molecule has 0 radical (unpaired) electrons. The molecule has 0 spiro atoms. The Morgan fingerprint density at radius 1 is 1.06 bits per heavy atom. The Morgan fingerprint density at radius 2 is 1.68 bits per heavy atom. The SMILES string of the molecule is Cn1ncc(NC(=O)OCC2c3ccccc3-c3ccccc32)c1C(=O)NCC(=O)O. The molecular weight excluding hydrogens is 400 g/mol. The zero-order valence-electron chi connectivity index (χ0n) is 16.7. The molecule has 3 N–H and O–H groups in total. The summed E-state index contributed by atoms with van der Waals surface area (Å²) in [7, 11) is 1.51. The quantitative estimate of drug-likeness (QED) is 0.563. The van der Waals surface area contributed by atoms with Gasteiger partial charge in [0.15, 0.2) is 0 Å². The number of carboxylic acids is 1. The van der Waals surface area contributed by atoms with Crippen LogP contribution in [0.4, 0.5) is 10.5 Å². The normalized spacial score (nSPS) is 12.0. The van der Waals surface area contributed by atoms with Gasteiger partial charge in [0, 0.05) is 13.0 Å². The van der Waals surface area contributed by atoms with E-state index in [0.717, 1.165) is 22.3 Å². The molecule has 0 fully saturated rings. The highest BCUT2D eigenvalue weighted by atomic mass is 16.5. The Hall–Kier alpha value is -4.14. The monoisotopic (exact) mass is 420 g/mol. The van der Waals surface area contributed by atoms with Gasteiger partial charge in [-0.1, -0.05) is 48.5 Å². The third kappa shape index (κ3) is 3.97. The summed E-state index contributed by atoms with van der Waals surface area (Å²) in [4.78, 5) is 35.4. The second kappa shape index (κ2) is 8.31. The number of aliphatic carboxylic acids is 1. The predicted octanol–water partition coefficient (Wildman–Crippen LogP) is 2.60. The molecule has 1 aromatic heterocycles. The molecule has 31 heavy (non-hydrogen) atoms. The second-order valence-electron chi connectivity index (χ2n) is 7.06. The number of aryl methyl sites for hydroxylation is 1. The fraction of sp³-hybridized carbons (Fsp3) is 0.182. The first-order valence-electron chi connectivity index (χ1n) is 9.59. The van der Waals surface area contributed by atoms with Crippen LogP contribution in [0.1, 0.15) is 27.5 Å². The Balaban J connectivity index is 1.45. The fourth-order valence-electron chi connectivity index (χ4n) is 3.78. The highest BCUT2D eigenvalue weighted by molar-refractivity contribution is 6.02. The number of rotatable bonds is 6. The lowest BCUT2D eigenvalue weighted by molar-refractivity contribution is -0.135. The molecule has 0 bridgehead atoms. The number of hydrogen-bond acceptors (Lipinski definition) is 5. The van der Waals surface area contributed by atoms with Crippen LogP contribution in [0.3, 0.4) is 0 Å². The molecule has 2 aromatic carbocycles. The maximum Gasteiger partial charge on any atom is 0.411 e. The van der Waals surface area contributed by atoms with Crippen LogP contribution >= 0.6 is 0 Å². The van der Waals surface area contributed by atoms with Gasteiger partial charge < -0.3 is 15.2 Å². The van der Waals surface area contributed by atoms with Gasteiger partial charge in [-0.05, 0) is 22.3 Å². The third-order valence-electron chi connectivity index (χ3n) is 5.13. The average molecular weight is 420 g/mol. The van der Waals surface area contributed by atoms with E-state index < -0.39 is 24.5 Å². The van der Waals surface area contributed by atoms with E-state index in [-0.39, 0.29) is 23.9 Å². The maximum atomic E-state index is 12.4. The van der Waals surface area contributed by atoms with Crippen molar-refractivity contribution in [3.63, 3.8) is 0 Å². The summed E-state index contributed by atoms with van der Waals surface area (Å²) in [6, 6.07) is 16.0. The molecule has 9 nitrogen and oxygen atoms in total. The number of benzene rings is 2. The minimum Gasteiger partial charge on any atom is -0.480 e. The van der Waals surface area contributed by atoms with Crippen LogP contribution in [0, 0.1) is 0 Å². The van der Waals surface area contributed by atoms with Gasteiger partial charge in [-0.3, -0.25) is 19.6 Å². The van der Waals surface area contributed by atoms with Crippen LogP contribution in [0.5, 0.6) is 0 Å². The number of amides is 2. The predicted molar refractivity (Wildman–Crippen MR) is 112 cm³/mol. The summed E-state index contributed by atoms with van der Waals surface area (Å²) in [5.41, 5.74) is 4.57. The van der Waals surface area contributed by atoms with Crippen molar-refractivity contribution in [2.75, 3.05) is 18.5 Å². The van der Waals surface area contributed by atoms with Crippen molar-refractivity contribution in [2.24, 2.45) is 7.05 Å². The van der Waals surface area contributed by atoms with Crippen LogP contribution in [-0.4, -0.2) is 46.0 Å². The molecule has 2 amide bonds. The van der Waals surface area contributed by atoms with E-state index in [1.807, 2.05) is 48.5 Å². The van der Waals surface area contributed by atoms with Gasteiger partial charge in [-0.15, -0.1) is 0 Å². The summed E-state index contributed by atoms with van der Waals surface area (Å²) >= 11 is 0. The van der Waals surface area contributed by atoms with Gasteiger partial charge in [-0.25, -0.2) is 4.79 Å². The number of carbonyl (C=O) groups is 3. The molecule has 1 heterocycles. The van der Waals surface area contributed by atoms with E-state index in [0.29, 0.717) is 0 Å². The molecule has 0 unspecified atom stereocenters. The smallest absolute Gasteiger partial charge is 0.411 e. The lowest BCUT2D eigenvalue weighted by atomic mass is 9.98. The van der Waals surface area contributed by atoms with Gasteiger partial charge in [0.2, 0.25) is 0 Å². The van der Waals surface area contributed by atoms with Crippen LogP contribution in [-0.2, 0) is 16.6 Å². The van der Waals surface area contributed by atoms with Crippen molar-refractivity contribution in [3.05, 3.63) is 71.5 Å². The molecular formula is C22H20N4O5. The van der Waals surface area contributed by atoms with Crippen molar-refractivity contribution in [3.8, 4) is 11.1 Å². The summed E-state index contributed by atoms with van der Waals surface area (Å²) in [5, 5.41) is 17.4. The summed E-state index contributed by atoms with van der Waals surface area (Å²) in [6.07, 6.45) is 0.569. The molecule has 158 valence electrons. The zero-order chi connectivity index (χ0) is 22.0. The lowest BCUT2D eigenvalue weighted by Gasteiger charge is -2.14. The standard InChI is InChI=1S/C22H20N4O5/c1-26-20(21(29)23-11-19(27)28)18(10-24-26)25-22(30)31-12-17-15-8-4-2-6-13(15)14-7-3-5-9-16(14)17/h2-10,17H,11-12H2,1H3,(H,23,29)(H,25,30)(H,27,28). The highest BCUT2D eigenvalue weighted by Gasteiger charge is 2.29. The highest BCUT2D eigenvalue weighted by Crippen LogP contribution is 2.44. The summed E-state index contributed by atoms with van der Waals surface area (Å²) in [6.45, 7) is -0.422. The first-order chi connectivity index (χ1) is 15.0. The number of nitrogens with zero attached hydrogens (tertiary/aromatic N) is 2. The van der Waals surface area contributed by atoms with Crippen molar-refractivity contribution < 1.29 is 24.2 Å². The number of fused-ring (bicyclic) bond motifs is 3. The minimum atomic E-state index is -1.18. The minimum absolute atomic E-state index is 0.0229. The molecule has 0 atom stereocenters. The Kier molecular flexibility index (Phi) is 5.40. The van der Waals surface area contributed by atoms with E-state index >= 15 is 0 Å². The molecule has 0 saturated heterocycles. The number of hydrogen-bond donors (Lipinski definition) is 3. The lowest BCUT2D eigenvalue weighted by Crippen LogP contribution is -2.31. The average Bonchev–Trinajstić information content (AvgIpc) is 3.28. The number of carbonyl (C=O) groups excluding carboxylic acids is 2. The van der Waals surface area contributed by atoms with E-state index in [1.54, 1.807) is 0 Å². The summed E-state index contributed by atoms with van der Waals surface area (Å²) < 4.78 is 6.72. The van der Waals surface area contributed by atoms with Gasteiger partial charge in [0.1, 0.15) is 18.8 Å². The van der Waals surface area contributed by atoms with Crippen molar-refractivity contribution in [1.29, 1.82) is 0 Å². The topological polar surface area (TPSA) is 123 Å². The summed E-state index contributed by atoms with van der Waals surface area (Å²) in [5.74, 6) is -1.94. The number of ether oxygens (including phenoxy) is 1. The molecule has 1 aliphatic carbocycles. The van der Waals surface area contributed by atoms with Crippen molar-refractivity contribution in [2.45, 2.75) is 5.92 Å². The van der Waals surface area contributed by atoms with Gasteiger partial charge in [-0.2, -0.15) is 5.10 Å². The molecule has 0 aliphatic heterocycles. The first-order valence-corrected chi connectivity index (χ1v) is 9.59. The Labute approximate surface area is 177 Å². The van der Waals surface area contributed by atoms with Gasteiger partial charge in [0.05, 0.1) is 11.9 Å². The van der Waals surface area contributed by atoms with E-state index in [9.17, 15) is 14.4 Å². The van der Waals surface area contributed by atoms with Crippen LogP contribution < -0.4 is 10.6 Å². The molecule has 4 rings (SSSR count). The number of carboxylic acid groups (broad SMARTS) is 1. The Bertz CT molecular complexity index is 1120.